The Kier molecular flexibility index (Phi) is 5.60. The highest BCUT2D eigenvalue weighted by Gasteiger charge is 2.29. The van der Waals surface area contributed by atoms with Crippen LogP contribution in [0.2, 0.25) is 5.02 Å². The predicted molar refractivity (Wildman–Crippen MR) is 96.0 cm³/mol. The van der Waals surface area contributed by atoms with Gasteiger partial charge < -0.3 is 14.6 Å². The Morgan fingerprint density at radius 3 is 3.04 bits per heavy atom. The summed E-state index contributed by atoms with van der Waals surface area (Å²) in [5.74, 6) is 1.40. The molecule has 0 saturated carbocycles. The summed E-state index contributed by atoms with van der Waals surface area (Å²) in [6.07, 6.45) is 2.51. The first kappa shape index (κ1) is 17.8. The van der Waals surface area contributed by atoms with Crippen LogP contribution in [0.5, 0.6) is 5.75 Å². The van der Waals surface area contributed by atoms with E-state index in [9.17, 15) is 4.79 Å². The van der Waals surface area contributed by atoms with Crippen molar-refractivity contribution in [2.75, 3.05) is 25.5 Å². The summed E-state index contributed by atoms with van der Waals surface area (Å²) in [4.78, 5) is 14.6. The molecule has 0 bridgehead atoms. The van der Waals surface area contributed by atoms with Crippen LogP contribution >= 0.6 is 11.6 Å². The highest BCUT2D eigenvalue weighted by atomic mass is 35.5. The first-order chi connectivity index (χ1) is 12.1. The number of hydrogen-bond donors (Lipinski definition) is 1. The van der Waals surface area contributed by atoms with Crippen LogP contribution in [0.15, 0.2) is 28.8 Å². The maximum Gasteiger partial charge on any atom is 0.225 e. The van der Waals surface area contributed by atoms with Crippen LogP contribution in [0.3, 0.4) is 0 Å². The van der Waals surface area contributed by atoms with Gasteiger partial charge in [-0.25, -0.2) is 0 Å². The van der Waals surface area contributed by atoms with E-state index in [4.69, 9.17) is 20.9 Å². The summed E-state index contributed by atoms with van der Waals surface area (Å²) in [6, 6.07) is 7.33. The molecule has 7 heteroatoms. The number of methoxy groups -OCH3 is 1. The predicted octanol–water partition coefficient (Wildman–Crippen LogP) is 3.81. The van der Waals surface area contributed by atoms with Crippen LogP contribution in [0.1, 0.15) is 36.8 Å². The third kappa shape index (κ3) is 4.32. The number of ether oxygens (including phenoxy) is 1. The van der Waals surface area contributed by atoms with Gasteiger partial charge in [-0.1, -0.05) is 16.8 Å². The van der Waals surface area contributed by atoms with Gasteiger partial charge in [0.2, 0.25) is 5.91 Å². The Morgan fingerprint density at radius 2 is 2.32 bits per heavy atom. The maximum absolute atomic E-state index is 12.3. The fourth-order valence-electron chi connectivity index (χ4n) is 3.19. The molecule has 0 radical (unpaired) electrons. The number of anilines is 1. The molecule has 1 aliphatic heterocycles. The second kappa shape index (κ2) is 7.89. The number of hydrogen-bond acceptors (Lipinski definition) is 5. The first-order valence-corrected chi connectivity index (χ1v) is 8.75. The largest absolute Gasteiger partial charge is 0.495 e. The average molecular weight is 364 g/mol. The summed E-state index contributed by atoms with van der Waals surface area (Å²) in [6.45, 7) is 3.54. The number of nitrogens with one attached hydrogen (secondary N) is 1. The van der Waals surface area contributed by atoms with E-state index >= 15 is 0 Å². The Bertz CT molecular complexity index is 747. The van der Waals surface area contributed by atoms with E-state index in [1.54, 1.807) is 25.3 Å². The van der Waals surface area contributed by atoms with E-state index in [2.05, 4.69) is 15.4 Å². The highest BCUT2D eigenvalue weighted by molar-refractivity contribution is 6.31. The van der Waals surface area contributed by atoms with Crippen molar-refractivity contribution in [1.29, 1.82) is 0 Å². The van der Waals surface area contributed by atoms with E-state index in [-0.39, 0.29) is 11.9 Å². The van der Waals surface area contributed by atoms with Crippen LogP contribution < -0.4 is 10.1 Å². The molecule has 1 fully saturated rings. The SMILES string of the molecule is COc1ccc(Cl)cc1NC(=O)CCN1CCC[C@@H]1c1cc(C)no1. The van der Waals surface area contributed by atoms with E-state index in [0.717, 1.165) is 30.8 Å². The third-order valence-corrected chi connectivity index (χ3v) is 4.64. The number of carbonyl (C=O) groups is 1. The molecule has 2 aromatic rings. The zero-order chi connectivity index (χ0) is 17.8. The fourth-order valence-corrected chi connectivity index (χ4v) is 3.36. The normalized spacial score (nSPS) is 17.6. The minimum atomic E-state index is -0.0695. The molecule has 134 valence electrons. The van der Waals surface area contributed by atoms with Gasteiger partial charge in [-0.3, -0.25) is 9.69 Å². The summed E-state index contributed by atoms with van der Waals surface area (Å²) >= 11 is 6.00. The minimum Gasteiger partial charge on any atom is -0.495 e. The van der Waals surface area contributed by atoms with Crippen molar-refractivity contribution in [3.05, 3.63) is 40.7 Å². The van der Waals surface area contributed by atoms with Gasteiger partial charge in [-0.2, -0.15) is 0 Å². The van der Waals surface area contributed by atoms with Gasteiger partial charge in [-0.15, -0.1) is 0 Å². The van der Waals surface area contributed by atoms with Crippen LogP contribution in [-0.2, 0) is 4.79 Å². The lowest BCUT2D eigenvalue weighted by Crippen LogP contribution is -2.27. The quantitative estimate of drug-likeness (QED) is 0.845. The zero-order valence-corrected chi connectivity index (χ0v) is 15.2. The van der Waals surface area contributed by atoms with Crippen molar-refractivity contribution in [3.63, 3.8) is 0 Å². The molecule has 1 aromatic heterocycles. The van der Waals surface area contributed by atoms with Crippen LogP contribution in [0.25, 0.3) is 0 Å². The number of nitrogens with zero attached hydrogens (tertiary/aromatic N) is 2. The molecule has 0 unspecified atom stereocenters. The molecule has 0 aliphatic carbocycles. The number of amides is 1. The molecule has 1 amide bonds. The van der Waals surface area contributed by atoms with Crippen molar-refractivity contribution in [2.24, 2.45) is 0 Å². The first-order valence-electron chi connectivity index (χ1n) is 8.37. The Labute approximate surface area is 152 Å². The summed E-state index contributed by atoms with van der Waals surface area (Å²) < 4.78 is 10.7. The van der Waals surface area contributed by atoms with Gasteiger partial charge in [0.1, 0.15) is 5.75 Å². The number of likely N-dealkylation sites (tertiary alicyclic amines) is 1. The molecule has 1 aromatic carbocycles. The number of carbonyl (C=O) groups excluding carboxylic acids is 1. The average Bonchev–Trinajstić information content (AvgIpc) is 3.21. The van der Waals surface area contributed by atoms with Gasteiger partial charge in [0.25, 0.3) is 0 Å². The van der Waals surface area contributed by atoms with Gasteiger partial charge in [0.05, 0.1) is 24.5 Å². The second-order valence-corrected chi connectivity index (χ2v) is 6.64. The molecular weight excluding hydrogens is 342 g/mol. The van der Waals surface area contributed by atoms with E-state index < -0.39 is 0 Å². The topological polar surface area (TPSA) is 67.6 Å². The zero-order valence-electron chi connectivity index (χ0n) is 14.4. The van der Waals surface area contributed by atoms with Gasteiger partial charge in [-0.05, 0) is 44.5 Å². The maximum atomic E-state index is 12.3. The summed E-state index contributed by atoms with van der Waals surface area (Å²) in [5.41, 5.74) is 1.47. The minimum absolute atomic E-state index is 0.0695. The number of aromatic nitrogens is 1. The Hall–Kier alpha value is -2.05. The van der Waals surface area contributed by atoms with Crippen molar-refractivity contribution in [2.45, 2.75) is 32.2 Å². The molecule has 25 heavy (non-hydrogen) atoms. The van der Waals surface area contributed by atoms with Crippen molar-refractivity contribution in [3.8, 4) is 5.75 Å². The van der Waals surface area contributed by atoms with Gasteiger partial charge in [0, 0.05) is 24.1 Å². The lowest BCUT2D eigenvalue weighted by molar-refractivity contribution is -0.116. The standard InChI is InChI=1S/C18H22ClN3O3/c1-12-10-17(25-21-12)15-4-3-8-22(15)9-7-18(23)20-14-11-13(19)5-6-16(14)24-2/h5-6,10-11,15H,3-4,7-9H2,1-2H3,(H,20,23)/t15-/m1/s1. The van der Waals surface area contributed by atoms with Crippen LogP contribution in [0.4, 0.5) is 5.69 Å². The van der Waals surface area contributed by atoms with Crippen LogP contribution in [0, 0.1) is 6.92 Å². The second-order valence-electron chi connectivity index (χ2n) is 6.21. The molecule has 1 saturated heterocycles. The van der Waals surface area contributed by atoms with Gasteiger partial charge in [0.15, 0.2) is 5.76 Å². The molecule has 6 nitrogen and oxygen atoms in total. The fraction of sp³-hybridized carbons (Fsp3) is 0.444. The molecule has 2 heterocycles. The smallest absolute Gasteiger partial charge is 0.225 e. The number of aryl methyl sites for hydroxylation is 1. The number of benzene rings is 1. The van der Waals surface area contributed by atoms with E-state index in [1.165, 1.54) is 0 Å². The lowest BCUT2D eigenvalue weighted by Gasteiger charge is -2.22. The molecule has 1 aliphatic rings. The van der Waals surface area contributed by atoms with Crippen molar-refractivity contribution in [1.82, 2.24) is 10.1 Å². The van der Waals surface area contributed by atoms with Gasteiger partial charge >= 0.3 is 0 Å². The van der Waals surface area contributed by atoms with Crippen LogP contribution in [-0.4, -0.2) is 36.2 Å². The molecular formula is C18H22ClN3O3. The molecule has 1 N–H and O–H groups in total. The molecule has 1 atom stereocenters. The molecule has 0 spiro atoms. The number of rotatable bonds is 6. The Morgan fingerprint density at radius 1 is 1.48 bits per heavy atom. The van der Waals surface area contributed by atoms with Crippen molar-refractivity contribution >= 4 is 23.2 Å². The Balaban J connectivity index is 1.58. The summed E-state index contributed by atoms with van der Waals surface area (Å²) in [5, 5.41) is 7.39. The lowest BCUT2D eigenvalue weighted by atomic mass is 10.1. The summed E-state index contributed by atoms with van der Waals surface area (Å²) in [7, 11) is 1.56. The monoisotopic (exact) mass is 363 g/mol. The van der Waals surface area contributed by atoms with Crippen molar-refractivity contribution < 1.29 is 14.1 Å². The molecule has 3 rings (SSSR count). The third-order valence-electron chi connectivity index (χ3n) is 4.40. The van der Waals surface area contributed by atoms with E-state index in [0.29, 0.717) is 29.4 Å². The van der Waals surface area contributed by atoms with E-state index in [1.807, 2.05) is 13.0 Å². The number of halogens is 1. The highest BCUT2D eigenvalue weighted by Crippen LogP contribution is 2.32.